The van der Waals surface area contributed by atoms with E-state index < -0.39 is 0 Å². The number of hydrogen-bond donors (Lipinski definition) is 2. The molecular formula is C15H24N2O2. The lowest BCUT2D eigenvalue weighted by Gasteiger charge is -2.14. The normalized spacial score (nSPS) is 11.9. The second-order valence-electron chi connectivity index (χ2n) is 4.46. The molecule has 1 rings (SSSR count). The zero-order valence-electron chi connectivity index (χ0n) is 12.0. The third kappa shape index (κ3) is 5.30. The average Bonchev–Trinajstić information content (AvgIpc) is 2.45. The fourth-order valence-electron chi connectivity index (χ4n) is 1.87. The summed E-state index contributed by atoms with van der Waals surface area (Å²) >= 11 is 0. The number of hydrogen-bond acceptors (Lipinski definition) is 3. The molecule has 0 aliphatic carbocycles. The van der Waals surface area contributed by atoms with E-state index in [9.17, 15) is 4.79 Å². The lowest BCUT2D eigenvalue weighted by Crippen LogP contribution is -2.29. The molecule has 1 amide bonds. The Morgan fingerprint density at radius 3 is 2.47 bits per heavy atom. The van der Waals surface area contributed by atoms with Gasteiger partial charge in [0.25, 0.3) is 5.91 Å². The highest BCUT2D eigenvalue weighted by atomic mass is 16.5. The van der Waals surface area contributed by atoms with E-state index in [1.165, 1.54) is 5.56 Å². The zero-order chi connectivity index (χ0) is 14.1. The summed E-state index contributed by atoms with van der Waals surface area (Å²) in [7, 11) is 1.96. The largest absolute Gasteiger partial charge is 0.484 e. The molecule has 106 valence electrons. The molecule has 4 heteroatoms. The topological polar surface area (TPSA) is 50.4 Å². The molecule has 1 aromatic rings. The summed E-state index contributed by atoms with van der Waals surface area (Å²) in [6.45, 7) is 4.93. The van der Waals surface area contributed by atoms with Crippen LogP contribution in [0, 0.1) is 0 Å². The van der Waals surface area contributed by atoms with E-state index in [4.69, 9.17) is 4.74 Å². The van der Waals surface area contributed by atoms with E-state index in [1.54, 1.807) is 0 Å². The van der Waals surface area contributed by atoms with Crippen LogP contribution in [0.15, 0.2) is 24.3 Å². The molecule has 4 nitrogen and oxygen atoms in total. The lowest BCUT2D eigenvalue weighted by molar-refractivity contribution is -0.123. The van der Waals surface area contributed by atoms with Crippen LogP contribution in [0.1, 0.15) is 38.3 Å². The lowest BCUT2D eigenvalue weighted by atomic mass is 10.1. The first kappa shape index (κ1) is 15.5. The van der Waals surface area contributed by atoms with Crippen LogP contribution in [0.5, 0.6) is 5.75 Å². The SMILES string of the molecule is CCCNC(=O)COc1ccc(C(CC)NC)cc1. The first-order valence-corrected chi connectivity index (χ1v) is 6.88. The van der Waals surface area contributed by atoms with Crippen molar-refractivity contribution in [1.82, 2.24) is 10.6 Å². The number of rotatable bonds is 8. The van der Waals surface area contributed by atoms with E-state index in [1.807, 2.05) is 38.2 Å². The highest BCUT2D eigenvalue weighted by molar-refractivity contribution is 5.77. The molecule has 0 heterocycles. The van der Waals surface area contributed by atoms with Gasteiger partial charge in [0, 0.05) is 12.6 Å². The van der Waals surface area contributed by atoms with Gasteiger partial charge in [-0.05, 0) is 37.6 Å². The minimum Gasteiger partial charge on any atom is -0.484 e. The molecule has 1 atom stereocenters. The Balaban J connectivity index is 2.46. The number of benzene rings is 1. The van der Waals surface area contributed by atoms with Crippen LogP contribution in [-0.2, 0) is 4.79 Å². The van der Waals surface area contributed by atoms with Gasteiger partial charge in [0.15, 0.2) is 6.61 Å². The van der Waals surface area contributed by atoms with Crippen LogP contribution >= 0.6 is 0 Å². The summed E-state index contributed by atoms with van der Waals surface area (Å²) in [6.07, 6.45) is 1.97. The third-order valence-corrected chi connectivity index (χ3v) is 2.98. The summed E-state index contributed by atoms with van der Waals surface area (Å²) < 4.78 is 5.43. The maximum atomic E-state index is 11.4. The van der Waals surface area contributed by atoms with Crippen molar-refractivity contribution >= 4 is 5.91 Å². The molecule has 19 heavy (non-hydrogen) atoms. The summed E-state index contributed by atoms with van der Waals surface area (Å²) in [5.74, 6) is 0.647. The molecule has 0 bridgehead atoms. The maximum Gasteiger partial charge on any atom is 0.257 e. The van der Waals surface area contributed by atoms with Crippen LogP contribution in [-0.4, -0.2) is 26.1 Å². The molecule has 0 saturated carbocycles. The highest BCUT2D eigenvalue weighted by Gasteiger charge is 2.06. The molecular weight excluding hydrogens is 240 g/mol. The van der Waals surface area contributed by atoms with E-state index in [2.05, 4.69) is 17.6 Å². The van der Waals surface area contributed by atoms with Gasteiger partial charge in [-0.2, -0.15) is 0 Å². The quantitative estimate of drug-likeness (QED) is 0.757. The van der Waals surface area contributed by atoms with Crippen LogP contribution < -0.4 is 15.4 Å². The molecule has 0 aromatic heterocycles. The second kappa shape index (κ2) is 8.53. The molecule has 1 unspecified atom stereocenters. The molecule has 1 aromatic carbocycles. The van der Waals surface area contributed by atoms with Gasteiger partial charge in [0.2, 0.25) is 0 Å². The van der Waals surface area contributed by atoms with Crippen molar-refractivity contribution in [1.29, 1.82) is 0 Å². The fraction of sp³-hybridized carbons (Fsp3) is 0.533. The van der Waals surface area contributed by atoms with Crippen molar-refractivity contribution < 1.29 is 9.53 Å². The Morgan fingerprint density at radius 1 is 1.26 bits per heavy atom. The van der Waals surface area contributed by atoms with Crippen molar-refractivity contribution in [2.24, 2.45) is 0 Å². The number of nitrogens with one attached hydrogen (secondary N) is 2. The van der Waals surface area contributed by atoms with E-state index in [0.29, 0.717) is 12.6 Å². The van der Waals surface area contributed by atoms with Crippen LogP contribution in [0.2, 0.25) is 0 Å². The van der Waals surface area contributed by atoms with E-state index in [0.717, 1.165) is 18.6 Å². The van der Waals surface area contributed by atoms with Gasteiger partial charge in [0.1, 0.15) is 5.75 Å². The Bertz CT molecular complexity index is 372. The van der Waals surface area contributed by atoms with Gasteiger partial charge < -0.3 is 15.4 Å². The second-order valence-corrected chi connectivity index (χ2v) is 4.46. The summed E-state index contributed by atoms with van der Waals surface area (Å²) in [5.41, 5.74) is 1.23. The van der Waals surface area contributed by atoms with Crippen LogP contribution in [0.25, 0.3) is 0 Å². The van der Waals surface area contributed by atoms with Crippen molar-refractivity contribution in [3.63, 3.8) is 0 Å². The smallest absolute Gasteiger partial charge is 0.257 e. The summed E-state index contributed by atoms with van der Waals surface area (Å²) in [5, 5.41) is 6.03. The minimum absolute atomic E-state index is 0.0720. The fourth-order valence-corrected chi connectivity index (χ4v) is 1.87. The standard InChI is InChI=1S/C15H24N2O2/c1-4-10-17-15(18)11-19-13-8-6-12(7-9-13)14(5-2)16-3/h6-9,14,16H,4-5,10-11H2,1-3H3,(H,17,18). The van der Waals surface area contributed by atoms with Gasteiger partial charge in [0.05, 0.1) is 0 Å². The minimum atomic E-state index is -0.0763. The molecule has 0 aliphatic rings. The van der Waals surface area contributed by atoms with Crippen molar-refractivity contribution in [2.75, 3.05) is 20.2 Å². The van der Waals surface area contributed by atoms with E-state index >= 15 is 0 Å². The van der Waals surface area contributed by atoms with E-state index in [-0.39, 0.29) is 12.5 Å². The van der Waals surface area contributed by atoms with Crippen molar-refractivity contribution in [2.45, 2.75) is 32.7 Å². The monoisotopic (exact) mass is 264 g/mol. The Morgan fingerprint density at radius 2 is 1.95 bits per heavy atom. The number of carbonyl (C=O) groups is 1. The van der Waals surface area contributed by atoms with Gasteiger partial charge in [-0.15, -0.1) is 0 Å². The number of ether oxygens (including phenoxy) is 1. The Kier molecular flexibility index (Phi) is 6.97. The van der Waals surface area contributed by atoms with Crippen molar-refractivity contribution in [3.05, 3.63) is 29.8 Å². The maximum absolute atomic E-state index is 11.4. The zero-order valence-corrected chi connectivity index (χ0v) is 12.0. The number of carbonyl (C=O) groups excluding carboxylic acids is 1. The average molecular weight is 264 g/mol. The van der Waals surface area contributed by atoms with Crippen molar-refractivity contribution in [3.8, 4) is 5.75 Å². The van der Waals surface area contributed by atoms with Crippen LogP contribution in [0.3, 0.4) is 0 Å². The molecule has 0 radical (unpaired) electrons. The molecule has 2 N–H and O–H groups in total. The number of amides is 1. The predicted molar refractivity (Wildman–Crippen MR) is 77.3 cm³/mol. The first-order chi connectivity index (χ1) is 9.21. The van der Waals surface area contributed by atoms with Gasteiger partial charge in [-0.1, -0.05) is 26.0 Å². The summed E-state index contributed by atoms with van der Waals surface area (Å²) in [6, 6.07) is 8.24. The van der Waals surface area contributed by atoms with Gasteiger partial charge >= 0.3 is 0 Å². The Labute approximate surface area is 115 Å². The highest BCUT2D eigenvalue weighted by Crippen LogP contribution is 2.19. The molecule has 0 aliphatic heterocycles. The molecule has 0 fully saturated rings. The van der Waals surface area contributed by atoms with Gasteiger partial charge in [-0.3, -0.25) is 4.79 Å². The molecule has 0 saturated heterocycles. The molecule has 0 spiro atoms. The van der Waals surface area contributed by atoms with Gasteiger partial charge in [-0.25, -0.2) is 0 Å². The summed E-state index contributed by atoms with van der Waals surface area (Å²) in [4.78, 5) is 11.4. The first-order valence-electron chi connectivity index (χ1n) is 6.88. The third-order valence-electron chi connectivity index (χ3n) is 2.98. The predicted octanol–water partition coefficient (Wildman–Crippen LogP) is 2.26. The Hall–Kier alpha value is -1.55. The van der Waals surface area contributed by atoms with Crippen LogP contribution in [0.4, 0.5) is 0 Å².